The second-order valence-electron chi connectivity index (χ2n) is 5.04. The SMILES string of the molecule is CCC(C)NC(=O)CN1C(=O)CSC=C1c1ccccc1. The lowest BCUT2D eigenvalue weighted by Gasteiger charge is -2.28. The van der Waals surface area contributed by atoms with E-state index in [1.54, 1.807) is 4.90 Å². The molecule has 1 aliphatic heterocycles. The molecule has 0 fully saturated rings. The van der Waals surface area contributed by atoms with Gasteiger partial charge in [0, 0.05) is 6.04 Å². The predicted molar refractivity (Wildman–Crippen MR) is 86.5 cm³/mol. The van der Waals surface area contributed by atoms with Crippen molar-refractivity contribution < 1.29 is 9.59 Å². The lowest BCUT2D eigenvalue weighted by Crippen LogP contribution is -2.43. The number of hydrogen-bond acceptors (Lipinski definition) is 3. The Bertz CT molecular complexity index is 542. The Hall–Kier alpha value is -1.75. The predicted octanol–water partition coefficient (Wildman–Crippen LogP) is 2.48. The van der Waals surface area contributed by atoms with E-state index in [0.717, 1.165) is 17.7 Å². The number of carbonyl (C=O) groups is 2. The first-order chi connectivity index (χ1) is 10.1. The zero-order chi connectivity index (χ0) is 15.2. The standard InChI is InChI=1S/C16H20N2O2S/c1-3-12(2)17-15(19)9-18-14(10-21-11-16(18)20)13-7-5-4-6-8-13/h4-8,10,12H,3,9,11H2,1-2H3,(H,17,19). The molecule has 4 nitrogen and oxygen atoms in total. The Balaban J connectivity index is 2.14. The van der Waals surface area contributed by atoms with Crippen LogP contribution in [-0.4, -0.2) is 35.1 Å². The van der Waals surface area contributed by atoms with E-state index in [9.17, 15) is 9.59 Å². The van der Waals surface area contributed by atoms with Crippen molar-refractivity contribution in [3.8, 4) is 0 Å². The first-order valence-electron chi connectivity index (χ1n) is 7.08. The highest BCUT2D eigenvalue weighted by Gasteiger charge is 2.25. The Morgan fingerprint density at radius 3 is 2.76 bits per heavy atom. The summed E-state index contributed by atoms with van der Waals surface area (Å²) in [4.78, 5) is 25.8. The van der Waals surface area contributed by atoms with Crippen molar-refractivity contribution in [2.75, 3.05) is 12.3 Å². The van der Waals surface area contributed by atoms with Crippen molar-refractivity contribution in [2.45, 2.75) is 26.3 Å². The van der Waals surface area contributed by atoms with E-state index in [1.807, 2.05) is 49.6 Å². The van der Waals surface area contributed by atoms with Crippen molar-refractivity contribution in [2.24, 2.45) is 0 Å². The van der Waals surface area contributed by atoms with Crippen LogP contribution in [-0.2, 0) is 9.59 Å². The maximum Gasteiger partial charge on any atom is 0.240 e. The summed E-state index contributed by atoms with van der Waals surface area (Å²) in [5.74, 6) is 0.236. The molecule has 2 rings (SSSR count). The van der Waals surface area contributed by atoms with Gasteiger partial charge in [-0.15, -0.1) is 11.8 Å². The fourth-order valence-corrected chi connectivity index (χ4v) is 2.84. The normalized spacial score (nSPS) is 16.4. The van der Waals surface area contributed by atoms with Crippen molar-refractivity contribution in [1.82, 2.24) is 10.2 Å². The van der Waals surface area contributed by atoms with Crippen LogP contribution in [0, 0.1) is 0 Å². The minimum atomic E-state index is -0.119. The number of nitrogens with one attached hydrogen (secondary N) is 1. The van der Waals surface area contributed by atoms with Gasteiger partial charge in [-0.05, 0) is 24.3 Å². The van der Waals surface area contributed by atoms with Crippen LogP contribution in [0.25, 0.3) is 5.70 Å². The molecule has 0 bridgehead atoms. The molecule has 2 amide bonds. The van der Waals surface area contributed by atoms with Gasteiger partial charge < -0.3 is 10.2 Å². The highest BCUT2D eigenvalue weighted by molar-refractivity contribution is 8.03. The third-order valence-corrected chi connectivity index (χ3v) is 4.19. The number of benzene rings is 1. The minimum Gasteiger partial charge on any atom is -0.352 e. The van der Waals surface area contributed by atoms with E-state index in [-0.39, 0.29) is 24.4 Å². The third-order valence-electron chi connectivity index (χ3n) is 3.38. The molecule has 1 unspecified atom stereocenters. The maximum atomic E-state index is 12.2. The quantitative estimate of drug-likeness (QED) is 0.909. The molecule has 0 saturated heterocycles. The van der Waals surface area contributed by atoms with E-state index >= 15 is 0 Å². The summed E-state index contributed by atoms with van der Waals surface area (Å²) in [5, 5.41) is 4.85. The van der Waals surface area contributed by atoms with Crippen LogP contribution in [0.3, 0.4) is 0 Å². The third kappa shape index (κ3) is 4.11. The first kappa shape index (κ1) is 15.6. The van der Waals surface area contributed by atoms with Gasteiger partial charge in [0.1, 0.15) is 6.54 Å². The molecule has 112 valence electrons. The van der Waals surface area contributed by atoms with Gasteiger partial charge in [-0.2, -0.15) is 0 Å². The monoisotopic (exact) mass is 304 g/mol. The van der Waals surface area contributed by atoms with Crippen LogP contribution in [0.1, 0.15) is 25.8 Å². The average molecular weight is 304 g/mol. The molecule has 1 N–H and O–H groups in total. The Morgan fingerprint density at radius 2 is 2.10 bits per heavy atom. The Kier molecular flexibility index (Phi) is 5.44. The molecule has 1 aromatic rings. The van der Waals surface area contributed by atoms with E-state index < -0.39 is 0 Å². The number of hydrogen-bond donors (Lipinski definition) is 1. The van der Waals surface area contributed by atoms with Gasteiger partial charge in [0.15, 0.2) is 0 Å². The number of nitrogens with zero attached hydrogens (tertiary/aromatic N) is 1. The maximum absolute atomic E-state index is 12.2. The van der Waals surface area contributed by atoms with Gasteiger partial charge in [-0.3, -0.25) is 9.59 Å². The summed E-state index contributed by atoms with van der Waals surface area (Å²) in [6.07, 6.45) is 0.872. The molecule has 0 spiro atoms. The molecule has 1 aliphatic rings. The summed E-state index contributed by atoms with van der Waals surface area (Å²) in [6, 6.07) is 9.81. The molecule has 1 heterocycles. The molecule has 1 atom stereocenters. The molecule has 5 heteroatoms. The van der Waals surface area contributed by atoms with Crippen LogP contribution in [0.5, 0.6) is 0 Å². The molecule has 0 radical (unpaired) electrons. The van der Waals surface area contributed by atoms with Crippen LogP contribution in [0.15, 0.2) is 35.7 Å². The summed E-state index contributed by atoms with van der Waals surface area (Å²) in [7, 11) is 0. The fourth-order valence-electron chi connectivity index (χ4n) is 2.04. The second-order valence-corrected chi connectivity index (χ2v) is 5.89. The van der Waals surface area contributed by atoms with Gasteiger partial charge in [0.2, 0.25) is 11.8 Å². The number of amides is 2. The Labute approximate surface area is 129 Å². The molecule has 0 aliphatic carbocycles. The highest BCUT2D eigenvalue weighted by atomic mass is 32.2. The molecule has 0 saturated carbocycles. The fraction of sp³-hybridized carbons (Fsp3) is 0.375. The van der Waals surface area contributed by atoms with Crippen molar-refractivity contribution >= 4 is 29.3 Å². The summed E-state index contributed by atoms with van der Waals surface area (Å²) in [6.45, 7) is 4.05. The Morgan fingerprint density at radius 1 is 1.38 bits per heavy atom. The van der Waals surface area contributed by atoms with Crippen molar-refractivity contribution in [3.63, 3.8) is 0 Å². The molecule has 1 aromatic carbocycles. The topological polar surface area (TPSA) is 49.4 Å². The largest absolute Gasteiger partial charge is 0.352 e. The number of rotatable bonds is 5. The van der Waals surface area contributed by atoms with E-state index in [0.29, 0.717) is 5.75 Å². The lowest BCUT2D eigenvalue weighted by atomic mass is 10.1. The van der Waals surface area contributed by atoms with E-state index in [4.69, 9.17) is 0 Å². The smallest absolute Gasteiger partial charge is 0.240 e. The van der Waals surface area contributed by atoms with E-state index in [2.05, 4.69) is 5.32 Å². The van der Waals surface area contributed by atoms with Crippen molar-refractivity contribution in [3.05, 3.63) is 41.3 Å². The molecular weight excluding hydrogens is 284 g/mol. The van der Waals surface area contributed by atoms with Gasteiger partial charge in [0.05, 0.1) is 11.4 Å². The highest BCUT2D eigenvalue weighted by Crippen LogP contribution is 2.27. The van der Waals surface area contributed by atoms with Gasteiger partial charge in [0.25, 0.3) is 0 Å². The van der Waals surface area contributed by atoms with Crippen LogP contribution in [0.2, 0.25) is 0 Å². The van der Waals surface area contributed by atoms with Crippen LogP contribution < -0.4 is 5.32 Å². The number of thioether (sulfide) groups is 1. The van der Waals surface area contributed by atoms with Crippen molar-refractivity contribution in [1.29, 1.82) is 0 Å². The first-order valence-corrected chi connectivity index (χ1v) is 8.13. The number of carbonyl (C=O) groups excluding carboxylic acids is 2. The molecular formula is C16H20N2O2S. The van der Waals surface area contributed by atoms with Gasteiger partial charge in [-0.1, -0.05) is 37.3 Å². The molecule has 21 heavy (non-hydrogen) atoms. The summed E-state index contributed by atoms with van der Waals surface area (Å²) < 4.78 is 0. The zero-order valence-corrected chi connectivity index (χ0v) is 13.2. The summed E-state index contributed by atoms with van der Waals surface area (Å²) in [5.41, 5.74) is 1.76. The molecule has 0 aromatic heterocycles. The second kappa shape index (κ2) is 7.31. The van der Waals surface area contributed by atoms with Gasteiger partial charge >= 0.3 is 0 Å². The summed E-state index contributed by atoms with van der Waals surface area (Å²) >= 11 is 1.47. The van der Waals surface area contributed by atoms with Gasteiger partial charge in [-0.25, -0.2) is 0 Å². The zero-order valence-electron chi connectivity index (χ0n) is 12.3. The average Bonchev–Trinajstić information content (AvgIpc) is 2.50. The van der Waals surface area contributed by atoms with Crippen LogP contribution >= 0.6 is 11.8 Å². The minimum absolute atomic E-state index is 0.0272. The van der Waals surface area contributed by atoms with E-state index in [1.165, 1.54) is 11.8 Å². The lowest BCUT2D eigenvalue weighted by molar-refractivity contribution is -0.131. The van der Waals surface area contributed by atoms with Crippen LogP contribution in [0.4, 0.5) is 0 Å².